The highest BCUT2D eigenvalue weighted by atomic mass is 16.5. The Bertz CT molecular complexity index is 254. The summed E-state index contributed by atoms with van der Waals surface area (Å²) in [6.45, 7) is 5.25. The Balaban J connectivity index is 2.17. The number of hydrogen-bond donors (Lipinski definition) is 0. The fourth-order valence-corrected chi connectivity index (χ4v) is 3.56. The topological polar surface area (TPSA) is 26.3 Å². The highest BCUT2D eigenvalue weighted by molar-refractivity contribution is 5.83. The lowest BCUT2D eigenvalue weighted by Crippen LogP contribution is -2.26. The van der Waals surface area contributed by atoms with Crippen molar-refractivity contribution in [3.63, 3.8) is 0 Å². The van der Waals surface area contributed by atoms with Crippen molar-refractivity contribution in [1.29, 1.82) is 0 Å². The van der Waals surface area contributed by atoms with Crippen LogP contribution in [0.5, 0.6) is 0 Å². The molecule has 0 radical (unpaired) electrons. The Hall–Kier alpha value is -0.370. The lowest BCUT2D eigenvalue weighted by atomic mass is 9.75. The number of carbonyl (C=O) groups excluding carboxylic acids is 1. The molecule has 0 N–H and O–H groups in total. The first-order chi connectivity index (χ1) is 9.69. The molecule has 1 unspecified atom stereocenters. The number of unbranched alkanes of at least 4 members (excludes halogenated alkanes) is 2. The van der Waals surface area contributed by atoms with Crippen LogP contribution in [0.1, 0.15) is 78.1 Å². The van der Waals surface area contributed by atoms with Crippen molar-refractivity contribution in [2.75, 3.05) is 13.7 Å². The van der Waals surface area contributed by atoms with Gasteiger partial charge in [0, 0.05) is 25.6 Å². The van der Waals surface area contributed by atoms with Gasteiger partial charge in [-0.2, -0.15) is 0 Å². The molecule has 1 aliphatic carbocycles. The predicted molar refractivity (Wildman–Crippen MR) is 84.9 cm³/mol. The summed E-state index contributed by atoms with van der Waals surface area (Å²) in [7, 11) is 1.75. The van der Waals surface area contributed by atoms with Gasteiger partial charge in [0.2, 0.25) is 0 Å². The predicted octanol–water partition coefficient (Wildman–Crippen LogP) is 5.00. The standard InChI is InChI=1S/C18H34O2/c1-4-8-16-10-12-17(13-11-16)18(19)15(2)9-6-5-7-14-20-3/h15-17H,4-14H2,1-3H3. The second-order valence-corrected chi connectivity index (χ2v) is 6.65. The van der Waals surface area contributed by atoms with Gasteiger partial charge in [0.15, 0.2) is 0 Å². The molecule has 1 rings (SSSR count). The summed E-state index contributed by atoms with van der Waals surface area (Å²) in [5, 5.41) is 0. The number of hydrogen-bond acceptors (Lipinski definition) is 2. The van der Waals surface area contributed by atoms with Gasteiger partial charge in [0.05, 0.1) is 0 Å². The minimum atomic E-state index is 0.269. The number of Topliss-reactive ketones (excluding diaryl/α,β-unsaturated/α-hetero) is 1. The molecule has 0 aromatic carbocycles. The maximum absolute atomic E-state index is 12.5. The van der Waals surface area contributed by atoms with Crippen molar-refractivity contribution in [2.45, 2.75) is 78.1 Å². The van der Waals surface area contributed by atoms with Crippen LogP contribution in [0, 0.1) is 17.8 Å². The number of methoxy groups -OCH3 is 1. The van der Waals surface area contributed by atoms with E-state index in [4.69, 9.17) is 4.74 Å². The highest BCUT2D eigenvalue weighted by Gasteiger charge is 2.28. The Morgan fingerprint density at radius 1 is 1.15 bits per heavy atom. The molecule has 0 aromatic rings. The van der Waals surface area contributed by atoms with Crippen LogP contribution in [0.3, 0.4) is 0 Å². The average molecular weight is 282 g/mol. The van der Waals surface area contributed by atoms with Crippen molar-refractivity contribution < 1.29 is 9.53 Å². The third kappa shape index (κ3) is 6.39. The molecule has 118 valence electrons. The minimum Gasteiger partial charge on any atom is -0.385 e. The molecule has 0 spiro atoms. The monoisotopic (exact) mass is 282 g/mol. The molecule has 0 saturated heterocycles. The molecule has 0 heterocycles. The Morgan fingerprint density at radius 2 is 1.85 bits per heavy atom. The molecule has 2 nitrogen and oxygen atoms in total. The molecule has 0 aromatic heterocycles. The van der Waals surface area contributed by atoms with E-state index in [1.165, 1.54) is 38.5 Å². The largest absolute Gasteiger partial charge is 0.385 e. The summed E-state index contributed by atoms with van der Waals surface area (Å²) < 4.78 is 5.05. The van der Waals surface area contributed by atoms with E-state index in [1.54, 1.807) is 7.11 Å². The SMILES string of the molecule is CCCC1CCC(C(=O)C(C)CCCCCOC)CC1. The highest BCUT2D eigenvalue weighted by Crippen LogP contribution is 2.33. The number of ether oxygens (including phenoxy) is 1. The molecular formula is C18H34O2. The van der Waals surface area contributed by atoms with E-state index in [-0.39, 0.29) is 5.92 Å². The quantitative estimate of drug-likeness (QED) is 0.527. The van der Waals surface area contributed by atoms with Crippen molar-refractivity contribution in [3.8, 4) is 0 Å². The van der Waals surface area contributed by atoms with Gasteiger partial charge in [0.1, 0.15) is 5.78 Å². The zero-order valence-electron chi connectivity index (χ0n) is 13.8. The zero-order chi connectivity index (χ0) is 14.8. The summed E-state index contributed by atoms with van der Waals surface area (Å²) in [5.74, 6) is 2.09. The van der Waals surface area contributed by atoms with E-state index in [9.17, 15) is 4.79 Å². The van der Waals surface area contributed by atoms with Crippen molar-refractivity contribution in [3.05, 3.63) is 0 Å². The molecular weight excluding hydrogens is 248 g/mol. The van der Waals surface area contributed by atoms with E-state index < -0.39 is 0 Å². The Kier molecular flexibility index (Phi) is 9.17. The van der Waals surface area contributed by atoms with Gasteiger partial charge >= 0.3 is 0 Å². The van der Waals surface area contributed by atoms with E-state index in [0.29, 0.717) is 11.7 Å². The van der Waals surface area contributed by atoms with Crippen LogP contribution in [0.25, 0.3) is 0 Å². The fourth-order valence-electron chi connectivity index (χ4n) is 3.56. The van der Waals surface area contributed by atoms with Crippen LogP contribution in [-0.2, 0) is 9.53 Å². The maximum Gasteiger partial charge on any atom is 0.138 e. The van der Waals surface area contributed by atoms with Crippen molar-refractivity contribution in [1.82, 2.24) is 0 Å². The first-order valence-electron chi connectivity index (χ1n) is 8.71. The van der Waals surface area contributed by atoms with Gasteiger partial charge in [-0.15, -0.1) is 0 Å². The van der Waals surface area contributed by atoms with Crippen LogP contribution in [0.2, 0.25) is 0 Å². The second kappa shape index (κ2) is 10.4. The van der Waals surface area contributed by atoms with Gasteiger partial charge in [-0.05, 0) is 44.4 Å². The maximum atomic E-state index is 12.5. The smallest absolute Gasteiger partial charge is 0.138 e. The van der Waals surface area contributed by atoms with E-state index in [0.717, 1.165) is 38.2 Å². The molecule has 1 aliphatic rings. The van der Waals surface area contributed by atoms with Crippen LogP contribution < -0.4 is 0 Å². The van der Waals surface area contributed by atoms with E-state index in [2.05, 4.69) is 13.8 Å². The molecule has 1 saturated carbocycles. The Labute approximate surface area is 125 Å². The van der Waals surface area contributed by atoms with Crippen LogP contribution >= 0.6 is 0 Å². The van der Waals surface area contributed by atoms with Gasteiger partial charge in [-0.25, -0.2) is 0 Å². The van der Waals surface area contributed by atoms with Gasteiger partial charge in [0.25, 0.3) is 0 Å². The zero-order valence-corrected chi connectivity index (χ0v) is 13.8. The molecule has 2 heteroatoms. The summed E-state index contributed by atoms with van der Waals surface area (Å²) in [6, 6.07) is 0. The lowest BCUT2D eigenvalue weighted by molar-refractivity contribution is -0.127. The molecule has 0 bridgehead atoms. The van der Waals surface area contributed by atoms with Gasteiger partial charge in [-0.3, -0.25) is 4.79 Å². The second-order valence-electron chi connectivity index (χ2n) is 6.65. The molecule has 0 aliphatic heterocycles. The van der Waals surface area contributed by atoms with Crippen molar-refractivity contribution >= 4 is 5.78 Å². The van der Waals surface area contributed by atoms with E-state index >= 15 is 0 Å². The minimum absolute atomic E-state index is 0.269. The third-order valence-corrected chi connectivity index (χ3v) is 4.92. The summed E-state index contributed by atoms with van der Waals surface area (Å²) in [6.07, 6.45) is 12.1. The molecule has 0 amide bonds. The van der Waals surface area contributed by atoms with E-state index in [1.807, 2.05) is 0 Å². The summed E-state index contributed by atoms with van der Waals surface area (Å²) >= 11 is 0. The summed E-state index contributed by atoms with van der Waals surface area (Å²) in [4.78, 5) is 12.5. The number of carbonyl (C=O) groups is 1. The average Bonchev–Trinajstić information content (AvgIpc) is 2.47. The summed E-state index contributed by atoms with van der Waals surface area (Å²) in [5.41, 5.74) is 0. The fraction of sp³-hybridized carbons (Fsp3) is 0.944. The van der Waals surface area contributed by atoms with Crippen molar-refractivity contribution in [2.24, 2.45) is 17.8 Å². The van der Waals surface area contributed by atoms with Crippen LogP contribution in [0.15, 0.2) is 0 Å². The molecule has 1 fully saturated rings. The van der Waals surface area contributed by atoms with Crippen LogP contribution in [0.4, 0.5) is 0 Å². The normalized spacial score (nSPS) is 24.6. The van der Waals surface area contributed by atoms with Gasteiger partial charge in [-0.1, -0.05) is 39.5 Å². The molecule has 1 atom stereocenters. The first kappa shape index (κ1) is 17.7. The Morgan fingerprint density at radius 3 is 2.45 bits per heavy atom. The first-order valence-corrected chi connectivity index (χ1v) is 8.71. The number of rotatable bonds is 10. The van der Waals surface area contributed by atoms with Gasteiger partial charge < -0.3 is 4.74 Å². The number of ketones is 1. The lowest BCUT2D eigenvalue weighted by Gasteiger charge is -2.29. The third-order valence-electron chi connectivity index (χ3n) is 4.92. The van der Waals surface area contributed by atoms with Crippen LogP contribution in [-0.4, -0.2) is 19.5 Å². The molecule has 20 heavy (non-hydrogen) atoms.